The second-order valence-corrected chi connectivity index (χ2v) is 7.22. The van der Waals surface area contributed by atoms with Crippen molar-refractivity contribution in [2.45, 2.75) is 26.2 Å². The third-order valence-corrected chi connectivity index (χ3v) is 5.22. The molecule has 29 heavy (non-hydrogen) atoms. The van der Waals surface area contributed by atoms with Gasteiger partial charge in [-0.15, -0.1) is 0 Å². The van der Waals surface area contributed by atoms with Gasteiger partial charge < -0.3 is 18.9 Å². The van der Waals surface area contributed by atoms with E-state index < -0.39 is 0 Å². The van der Waals surface area contributed by atoms with E-state index in [0.29, 0.717) is 36.2 Å². The van der Waals surface area contributed by atoms with Gasteiger partial charge in [-0.25, -0.2) is 0 Å². The monoisotopic (exact) mass is 393 g/mol. The lowest BCUT2D eigenvalue weighted by atomic mass is 10.1. The molecule has 0 aliphatic carbocycles. The molecule has 4 rings (SSSR count). The molecule has 0 spiro atoms. The maximum Gasteiger partial charge on any atom is 0.232 e. The van der Waals surface area contributed by atoms with Crippen molar-refractivity contribution in [3.05, 3.63) is 53.4 Å². The lowest BCUT2D eigenvalue weighted by Gasteiger charge is -2.18. The topological polar surface area (TPSA) is 77.7 Å². The molecule has 0 bridgehead atoms. The van der Waals surface area contributed by atoms with E-state index in [1.165, 1.54) is 5.56 Å². The number of carbonyl (C=O) groups is 1. The quantitative estimate of drug-likeness (QED) is 0.654. The zero-order valence-corrected chi connectivity index (χ0v) is 16.9. The van der Waals surface area contributed by atoms with Crippen molar-refractivity contribution < 1.29 is 18.8 Å². The molecule has 1 aromatic heterocycles. The number of methoxy groups -OCH3 is 2. The number of aryl methyl sites for hydroxylation is 2. The molecule has 1 unspecified atom stereocenters. The zero-order valence-electron chi connectivity index (χ0n) is 16.9. The summed E-state index contributed by atoms with van der Waals surface area (Å²) in [6.45, 7) is 4.55. The van der Waals surface area contributed by atoms with Gasteiger partial charge in [-0.3, -0.25) is 4.79 Å². The Kier molecular flexibility index (Phi) is 4.96. The van der Waals surface area contributed by atoms with E-state index in [1.54, 1.807) is 31.3 Å². The van der Waals surface area contributed by atoms with Crippen LogP contribution in [0, 0.1) is 13.8 Å². The van der Waals surface area contributed by atoms with Crippen LogP contribution in [0.3, 0.4) is 0 Å². The van der Waals surface area contributed by atoms with Gasteiger partial charge in [0.15, 0.2) is 11.5 Å². The van der Waals surface area contributed by atoms with Gasteiger partial charge in [0.1, 0.15) is 0 Å². The molecule has 0 saturated carbocycles. The Morgan fingerprint density at radius 2 is 1.86 bits per heavy atom. The molecular weight excluding hydrogens is 370 g/mol. The van der Waals surface area contributed by atoms with Crippen LogP contribution in [0.4, 0.5) is 5.69 Å². The molecule has 3 aromatic rings. The average molecular weight is 393 g/mol. The van der Waals surface area contributed by atoms with Crippen LogP contribution in [0.5, 0.6) is 11.5 Å². The highest BCUT2D eigenvalue weighted by molar-refractivity contribution is 5.96. The second-order valence-electron chi connectivity index (χ2n) is 7.22. The fourth-order valence-electron chi connectivity index (χ4n) is 3.69. The first kappa shape index (κ1) is 19.0. The van der Waals surface area contributed by atoms with Crippen LogP contribution in [0.1, 0.15) is 29.4 Å². The van der Waals surface area contributed by atoms with Crippen molar-refractivity contribution in [2.75, 3.05) is 25.7 Å². The summed E-state index contributed by atoms with van der Waals surface area (Å²) < 4.78 is 16.1. The second kappa shape index (κ2) is 7.58. The van der Waals surface area contributed by atoms with Crippen molar-refractivity contribution in [2.24, 2.45) is 0 Å². The Bertz CT molecular complexity index is 1060. The number of benzene rings is 2. The molecule has 7 heteroatoms. The number of nitrogens with zero attached hydrogens (tertiary/aromatic N) is 3. The minimum absolute atomic E-state index is 0.00786. The molecule has 0 N–H and O–H groups in total. The van der Waals surface area contributed by atoms with Gasteiger partial charge in [0.25, 0.3) is 0 Å². The van der Waals surface area contributed by atoms with Gasteiger partial charge in [-0.05, 0) is 31.5 Å². The van der Waals surface area contributed by atoms with Crippen molar-refractivity contribution in [1.29, 1.82) is 0 Å². The summed E-state index contributed by atoms with van der Waals surface area (Å²) >= 11 is 0. The lowest BCUT2D eigenvalue weighted by Crippen LogP contribution is -2.24. The van der Waals surface area contributed by atoms with Crippen molar-refractivity contribution >= 4 is 11.6 Å². The van der Waals surface area contributed by atoms with E-state index >= 15 is 0 Å². The van der Waals surface area contributed by atoms with E-state index in [0.717, 1.165) is 16.8 Å². The molecule has 1 atom stereocenters. The molecule has 2 aromatic carbocycles. The van der Waals surface area contributed by atoms with Gasteiger partial charge >= 0.3 is 0 Å². The lowest BCUT2D eigenvalue weighted by molar-refractivity contribution is -0.117. The Morgan fingerprint density at radius 1 is 1.07 bits per heavy atom. The molecule has 2 heterocycles. The Morgan fingerprint density at radius 3 is 2.59 bits per heavy atom. The molecule has 1 fully saturated rings. The number of amides is 1. The molecule has 0 radical (unpaired) electrons. The summed E-state index contributed by atoms with van der Waals surface area (Å²) in [5.41, 5.74) is 3.96. The molecule has 1 aliphatic rings. The van der Waals surface area contributed by atoms with Gasteiger partial charge in [-0.2, -0.15) is 4.98 Å². The van der Waals surface area contributed by atoms with Crippen LogP contribution in [0.15, 0.2) is 40.9 Å². The molecule has 150 valence electrons. The highest BCUT2D eigenvalue weighted by atomic mass is 16.5. The number of anilines is 1. The fourth-order valence-corrected chi connectivity index (χ4v) is 3.69. The van der Waals surface area contributed by atoms with Crippen LogP contribution < -0.4 is 14.4 Å². The Labute approximate surface area is 169 Å². The first-order valence-corrected chi connectivity index (χ1v) is 9.43. The Balaban J connectivity index is 1.56. The number of ether oxygens (including phenoxy) is 2. The first-order chi connectivity index (χ1) is 14.0. The molecule has 1 amide bonds. The maximum atomic E-state index is 12.6. The van der Waals surface area contributed by atoms with Crippen LogP contribution in [0.25, 0.3) is 11.4 Å². The molecule has 1 aliphatic heterocycles. The van der Waals surface area contributed by atoms with Gasteiger partial charge in [0, 0.05) is 30.3 Å². The fraction of sp³-hybridized carbons (Fsp3) is 0.318. The first-order valence-electron chi connectivity index (χ1n) is 9.43. The van der Waals surface area contributed by atoms with Crippen molar-refractivity contribution in [1.82, 2.24) is 10.1 Å². The van der Waals surface area contributed by atoms with E-state index in [9.17, 15) is 4.79 Å². The zero-order chi connectivity index (χ0) is 20.5. The van der Waals surface area contributed by atoms with E-state index in [2.05, 4.69) is 16.2 Å². The van der Waals surface area contributed by atoms with E-state index in [-0.39, 0.29) is 11.8 Å². The SMILES string of the molecule is COc1ccc(N2CC(c3nc(-c4ccc(C)cc4C)no3)CC2=O)cc1OC. The molecule has 1 saturated heterocycles. The predicted octanol–water partition coefficient (Wildman–Crippen LogP) is 3.89. The van der Waals surface area contributed by atoms with Gasteiger partial charge in [0.05, 0.1) is 20.1 Å². The third kappa shape index (κ3) is 3.55. The van der Waals surface area contributed by atoms with Crippen LogP contribution in [-0.2, 0) is 4.79 Å². The van der Waals surface area contributed by atoms with Gasteiger partial charge in [-0.1, -0.05) is 28.9 Å². The Hall–Kier alpha value is -3.35. The highest BCUT2D eigenvalue weighted by Crippen LogP contribution is 2.36. The number of carbonyl (C=O) groups excluding carboxylic acids is 1. The van der Waals surface area contributed by atoms with Gasteiger partial charge in [0.2, 0.25) is 17.6 Å². The normalized spacial score (nSPS) is 16.3. The minimum atomic E-state index is -0.150. The predicted molar refractivity (Wildman–Crippen MR) is 108 cm³/mol. The van der Waals surface area contributed by atoms with E-state index in [1.807, 2.05) is 32.0 Å². The van der Waals surface area contributed by atoms with E-state index in [4.69, 9.17) is 14.0 Å². The summed E-state index contributed by atoms with van der Waals surface area (Å²) in [6, 6.07) is 11.5. The number of hydrogen-bond donors (Lipinski definition) is 0. The van der Waals surface area contributed by atoms with Crippen molar-refractivity contribution in [3.8, 4) is 22.9 Å². The standard InChI is InChI=1S/C22H23N3O4/c1-13-5-7-17(14(2)9-13)21-23-22(29-24-21)15-10-20(26)25(12-15)16-6-8-18(27-3)19(11-16)28-4/h5-9,11,15H,10,12H2,1-4H3. The number of aromatic nitrogens is 2. The van der Waals surface area contributed by atoms with Crippen LogP contribution in [-0.4, -0.2) is 36.8 Å². The summed E-state index contributed by atoms with van der Waals surface area (Å²) in [6.07, 6.45) is 0.322. The number of rotatable bonds is 5. The third-order valence-electron chi connectivity index (χ3n) is 5.22. The summed E-state index contributed by atoms with van der Waals surface area (Å²) in [5, 5.41) is 4.14. The largest absolute Gasteiger partial charge is 0.493 e. The average Bonchev–Trinajstić information content (AvgIpc) is 3.34. The summed E-state index contributed by atoms with van der Waals surface area (Å²) in [4.78, 5) is 18.9. The highest BCUT2D eigenvalue weighted by Gasteiger charge is 2.35. The maximum absolute atomic E-state index is 12.6. The summed E-state index contributed by atoms with van der Waals surface area (Å²) in [5.74, 6) is 2.09. The van der Waals surface area contributed by atoms with Crippen LogP contribution >= 0.6 is 0 Å². The van der Waals surface area contributed by atoms with Crippen LogP contribution in [0.2, 0.25) is 0 Å². The summed E-state index contributed by atoms with van der Waals surface area (Å²) in [7, 11) is 3.15. The minimum Gasteiger partial charge on any atom is -0.493 e. The molecular formula is C22H23N3O4. The molecule has 7 nitrogen and oxygen atoms in total. The smallest absolute Gasteiger partial charge is 0.232 e. The number of hydrogen-bond acceptors (Lipinski definition) is 6. The van der Waals surface area contributed by atoms with Crippen molar-refractivity contribution in [3.63, 3.8) is 0 Å².